The lowest BCUT2D eigenvalue weighted by atomic mass is 10.2. The molecule has 1 aliphatic rings. The number of hydrogen-bond acceptors (Lipinski definition) is 5. The number of nitrogens with zero attached hydrogens (tertiary/aromatic N) is 3. The van der Waals surface area contributed by atoms with Gasteiger partial charge in [0.25, 0.3) is 5.91 Å². The van der Waals surface area contributed by atoms with Crippen molar-refractivity contribution in [1.82, 2.24) is 20.1 Å². The number of carbonyl (C=O) groups is 1. The molecule has 4 aromatic rings. The standard InChI is InChI=1S/C21H18N4O3/c26-21(17-12-16(23-24-17)18-7-3-11-27-18)25-10-8-15(13-25)28-19-6-1-4-14-5-2-9-22-20(14)19/h1-7,9,11-12,15H,8,10,13H2,(H,23,24)/t15-/m1/s1. The Hall–Kier alpha value is -3.61. The summed E-state index contributed by atoms with van der Waals surface area (Å²) in [6.07, 6.45) is 4.04. The molecule has 5 rings (SSSR count). The minimum Gasteiger partial charge on any atom is -0.486 e. The molecule has 0 bridgehead atoms. The van der Waals surface area contributed by atoms with Crippen LogP contribution < -0.4 is 4.74 Å². The van der Waals surface area contributed by atoms with Crippen molar-refractivity contribution in [3.8, 4) is 17.2 Å². The summed E-state index contributed by atoms with van der Waals surface area (Å²) in [4.78, 5) is 19.0. The van der Waals surface area contributed by atoms with Gasteiger partial charge in [-0.25, -0.2) is 0 Å². The summed E-state index contributed by atoms with van der Waals surface area (Å²) in [5.74, 6) is 1.28. The SMILES string of the molecule is O=C(c1cc(-c2ccco2)[nH]n1)N1CC[C@@H](Oc2cccc3cccnc23)C1. The average molecular weight is 374 g/mol. The quantitative estimate of drug-likeness (QED) is 0.591. The first-order chi connectivity index (χ1) is 13.8. The molecule has 0 unspecified atom stereocenters. The van der Waals surface area contributed by atoms with Crippen molar-refractivity contribution in [3.05, 3.63) is 66.7 Å². The average Bonchev–Trinajstić information content (AvgIpc) is 3.48. The fourth-order valence-corrected chi connectivity index (χ4v) is 3.51. The zero-order chi connectivity index (χ0) is 18.9. The number of fused-ring (bicyclic) bond motifs is 1. The van der Waals surface area contributed by atoms with Gasteiger partial charge >= 0.3 is 0 Å². The summed E-state index contributed by atoms with van der Waals surface area (Å²) in [6, 6.07) is 15.1. The van der Waals surface area contributed by atoms with Gasteiger partial charge in [0.1, 0.15) is 23.1 Å². The minimum atomic E-state index is -0.115. The smallest absolute Gasteiger partial charge is 0.274 e. The van der Waals surface area contributed by atoms with E-state index in [-0.39, 0.29) is 12.0 Å². The molecule has 3 aromatic heterocycles. The highest BCUT2D eigenvalue weighted by molar-refractivity contribution is 5.93. The Morgan fingerprint density at radius 1 is 1.21 bits per heavy atom. The van der Waals surface area contributed by atoms with Crippen molar-refractivity contribution in [3.63, 3.8) is 0 Å². The number of aromatic amines is 1. The molecule has 1 amide bonds. The Morgan fingerprint density at radius 2 is 2.14 bits per heavy atom. The highest BCUT2D eigenvalue weighted by atomic mass is 16.5. The summed E-state index contributed by atoms with van der Waals surface area (Å²) < 4.78 is 11.5. The van der Waals surface area contributed by atoms with Crippen LogP contribution in [0.15, 0.2) is 65.4 Å². The Labute approximate surface area is 160 Å². The molecule has 1 N–H and O–H groups in total. The Morgan fingerprint density at radius 3 is 3.04 bits per heavy atom. The van der Waals surface area contributed by atoms with E-state index < -0.39 is 0 Å². The molecule has 1 atom stereocenters. The summed E-state index contributed by atoms with van der Waals surface area (Å²) in [5.41, 5.74) is 1.89. The van der Waals surface area contributed by atoms with Crippen LogP contribution in [0.5, 0.6) is 5.75 Å². The van der Waals surface area contributed by atoms with Crippen molar-refractivity contribution in [2.24, 2.45) is 0 Å². The Kier molecular flexibility index (Phi) is 4.05. The van der Waals surface area contributed by atoms with Crippen LogP contribution in [0, 0.1) is 0 Å². The van der Waals surface area contributed by atoms with E-state index in [2.05, 4.69) is 15.2 Å². The maximum absolute atomic E-state index is 12.8. The number of aromatic nitrogens is 3. The van der Waals surface area contributed by atoms with Gasteiger partial charge in [0.05, 0.1) is 12.8 Å². The van der Waals surface area contributed by atoms with Gasteiger partial charge in [-0.15, -0.1) is 0 Å². The van der Waals surface area contributed by atoms with Crippen molar-refractivity contribution in [2.75, 3.05) is 13.1 Å². The van der Waals surface area contributed by atoms with Gasteiger partial charge in [-0.1, -0.05) is 18.2 Å². The van der Waals surface area contributed by atoms with Crippen LogP contribution in [0.25, 0.3) is 22.4 Å². The molecule has 0 aliphatic carbocycles. The molecular weight excluding hydrogens is 356 g/mol. The highest BCUT2D eigenvalue weighted by Crippen LogP contribution is 2.27. The third kappa shape index (κ3) is 3.00. The normalized spacial score (nSPS) is 16.6. The number of para-hydroxylation sites is 1. The fourth-order valence-electron chi connectivity index (χ4n) is 3.51. The third-order valence-corrected chi connectivity index (χ3v) is 4.91. The van der Waals surface area contributed by atoms with Crippen LogP contribution in [0.4, 0.5) is 0 Å². The molecule has 140 valence electrons. The van der Waals surface area contributed by atoms with Gasteiger partial charge in [0.15, 0.2) is 11.5 Å². The summed E-state index contributed by atoms with van der Waals surface area (Å²) in [7, 11) is 0. The fraction of sp³-hybridized carbons (Fsp3) is 0.190. The van der Waals surface area contributed by atoms with E-state index in [1.807, 2.05) is 36.4 Å². The van der Waals surface area contributed by atoms with Crippen LogP contribution in [-0.4, -0.2) is 45.2 Å². The topological polar surface area (TPSA) is 84.2 Å². The Bertz CT molecular complexity index is 1110. The van der Waals surface area contributed by atoms with Gasteiger partial charge < -0.3 is 14.1 Å². The summed E-state index contributed by atoms with van der Waals surface area (Å²) in [6.45, 7) is 1.15. The number of ether oxygens (including phenoxy) is 1. The predicted molar refractivity (Wildman–Crippen MR) is 103 cm³/mol. The van der Waals surface area contributed by atoms with E-state index in [9.17, 15) is 4.79 Å². The number of nitrogens with one attached hydrogen (secondary N) is 1. The van der Waals surface area contributed by atoms with Gasteiger partial charge in [-0.3, -0.25) is 14.9 Å². The van der Waals surface area contributed by atoms with Gasteiger partial charge in [-0.05, 0) is 24.3 Å². The molecule has 1 saturated heterocycles. The lowest BCUT2D eigenvalue weighted by Crippen LogP contribution is -2.31. The van der Waals surface area contributed by atoms with Crippen LogP contribution >= 0.6 is 0 Å². The number of amides is 1. The molecule has 7 nitrogen and oxygen atoms in total. The van der Waals surface area contributed by atoms with Crippen molar-refractivity contribution < 1.29 is 13.9 Å². The summed E-state index contributed by atoms with van der Waals surface area (Å²) >= 11 is 0. The van der Waals surface area contributed by atoms with E-state index in [4.69, 9.17) is 9.15 Å². The largest absolute Gasteiger partial charge is 0.486 e. The van der Waals surface area contributed by atoms with Crippen molar-refractivity contribution in [2.45, 2.75) is 12.5 Å². The van der Waals surface area contributed by atoms with Gasteiger partial charge in [0.2, 0.25) is 0 Å². The first kappa shape index (κ1) is 16.6. The molecule has 0 saturated carbocycles. The highest BCUT2D eigenvalue weighted by Gasteiger charge is 2.30. The molecule has 4 heterocycles. The van der Waals surface area contributed by atoms with Crippen LogP contribution in [0.3, 0.4) is 0 Å². The van der Waals surface area contributed by atoms with E-state index in [1.165, 1.54) is 0 Å². The van der Waals surface area contributed by atoms with Crippen molar-refractivity contribution in [1.29, 1.82) is 0 Å². The maximum Gasteiger partial charge on any atom is 0.274 e. The second-order valence-electron chi connectivity index (χ2n) is 6.76. The van der Waals surface area contributed by atoms with Gasteiger partial charge in [-0.2, -0.15) is 5.10 Å². The first-order valence-electron chi connectivity index (χ1n) is 9.17. The van der Waals surface area contributed by atoms with Gasteiger partial charge in [0, 0.05) is 30.6 Å². The number of pyridine rings is 1. The maximum atomic E-state index is 12.8. The van der Waals surface area contributed by atoms with E-state index >= 15 is 0 Å². The van der Waals surface area contributed by atoms with Crippen LogP contribution in [0.1, 0.15) is 16.9 Å². The zero-order valence-electron chi connectivity index (χ0n) is 15.0. The second-order valence-corrected chi connectivity index (χ2v) is 6.76. The predicted octanol–water partition coefficient (Wildman–Crippen LogP) is 3.51. The molecule has 0 spiro atoms. The molecule has 1 aliphatic heterocycles. The zero-order valence-corrected chi connectivity index (χ0v) is 15.0. The Balaban J connectivity index is 1.29. The number of likely N-dealkylation sites (tertiary alicyclic amines) is 1. The second kappa shape index (κ2) is 6.84. The van der Waals surface area contributed by atoms with E-state index in [1.54, 1.807) is 29.5 Å². The van der Waals surface area contributed by atoms with Crippen LogP contribution in [-0.2, 0) is 0 Å². The number of benzene rings is 1. The molecular formula is C21H18N4O3. The third-order valence-electron chi connectivity index (χ3n) is 4.91. The molecule has 28 heavy (non-hydrogen) atoms. The minimum absolute atomic E-state index is 0.0694. The summed E-state index contributed by atoms with van der Waals surface area (Å²) in [5, 5.41) is 8.03. The molecule has 1 aromatic carbocycles. The molecule has 7 heteroatoms. The first-order valence-corrected chi connectivity index (χ1v) is 9.17. The lowest BCUT2D eigenvalue weighted by molar-refractivity contribution is 0.0767. The molecule has 1 fully saturated rings. The molecule has 0 radical (unpaired) electrons. The number of rotatable bonds is 4. The monoisotopic (exact) mass is 374 g/mol. The number of H-pyrrole nitrogens is 1. The van der Waals surface area contributed by atoms with Crippen LogP contribution in [0.2, 0.25) is 0 Å². The lowest BCUT2D eigenvalue weighted by Gasteiger charge is -2.17. The number of hydrogen-bond donors (Lipinski definition) is 1. The van der Waals surface area contributed by atoms with Crippen molar-refractivity contribution >= 4 is 16.8 Å². The number of furan rings is 1. The van der Waals surface area contributed by atoms with E-state index in [0.717, 1.165) is 23.1 Å². The van der Waals surface area contributed by atoms with E-state index in [0.29, 0.717) is 30.2 Å². The number of carbonyl (C=O) groups excluding carboxylic acids is 1.